The van der Waals surface area contributed by atoms with Crippen LogP contribution < -0.4 is 9.47 Å². The zero-order chi connectivity index (χ0) is 26.5. The molecule has 2 N–H and O–H groups in total. The smallest absolute Gasteiger partial charge is 0.295 e. The molecule has 192 valence electrons. The van der Waals surface area contributed by atoms with E-state index in [1.807, 2.05) is 31.2 Å². The number of benzene rings is 3. The van der Waals surface area contributed by atoms with Gasteiger partial charge in [-0.15, -0.1) is 0 Å². The average molecular weight is 504 g/mol. The molecule has 0 radical (unpaired) electrons. The van der Waals surface area contributed by atoms with E-state index in [0.29, 0.717) is 23.5 Å². The first-order chi connectivity index (χ1) is 17.8. The maximum atomic E-state index is 13.1. The highest BCUT2D eigenvalue weighted by atomic mass is 16.5. The Labute approximate surface area is 215 Å². The van der Waals surface area contributed by atoms with Crippen LogP contribution in [0.3, 0.4) is 0 Å². The zero-order valence-corrected chi connectivity index (χ0v) is 20.9. The van der Waals surface area contributed by atoms with Gasteiger partial charge in [0.05, 0.1) is 25.3 Å². The Bertz CT molecular complexity index is 1330. The average Bonchev–Trinajstić information content (AvgIpc) is 3.16. The third-order valence-corrected chi connectivity index (χ3v) is 6.21. The number of ketones is 1. The minimum Gasteiger partial charge on any atom is -0.507 e. The molecule has 1 fully saturated rings. The summed E-state index contributed by atoms with van der Waals surface area (Å²) in [6.07, 6.45) is 0. The highest BCUT2D eigenvalue weighted by Gasteiger charge is 2.46. The number of likely N-dealkylation sites (tertiary alicyclic amines) is 1. The van der Waals surface area contributed by atoms with Gasteiger partial charge in [0.2, 0.25) is 0 Å². The van der Waals surface area contributed by atoms with Crippen LogP contribution in [-0.4, -0.2) is 54.2 Å². The number of aryl methyl sites for hydroxylation is 1. The van der Waals surface area contributed by atoms with Gasteiger partial charge < -0.3 is 29.3 Å². The summed E-state index contributed by atoms with van der Waals surface area (Å²) in [6, 6.07) is 18.3. The minimum absolute atomic E-state index is 0.0534. The van der Waals surface area contributed by atoms with E-state index in [9.17, 15) is 19.8 Å². The largest absolute Gasteiger partial charge is 0.507 e. The van der Waals surface area contributed by atoms with Gasteiger partial charge in [-0.25, -0.2) is 0 Å². The third-order valence-electron chi connectivity index (χ3n) is 6.21. The first-order valence-corrected chi connectivity index (χ1v) is 11.8. The Morgan fingerprint density at radius 3 is 2.43 bits per heavy atom. The number of phenolic OH excluding ortho intramolecular Hbond substituents is 1. The monoisotopic (exact) mass is 503 g/mol. The van der Waals surface area contributed by atoms with Crippen LogP contribution in [0.4, 0.5) is 0 Å². The molecule has 8 nitrogen and oxygen atoms in total. The number of carbonyl (C=O) groups excluding carboxylic acids is 2. The topological polar surface area (TPSA) is 106 Å². The molecule has 1 saturated heterocycles. The molecule has 0 bridgehead atoms. The third kappa shape index (κ3) is 5.44. The number of aliphatic hydroxyl groups excluding tert-OH is 1. The molecular weight excluding hydrogens is 474 g/mol. The highest BCUT2D eigenvalue weighted by Crippen LogP contribution is 2.41. The number of aliphatic hydroxyl groups is 1. The summed E-state index contributed by atoms with van der Waals surface area (Å²) in [5.74, 6) is -1.15. The van der Waals surface area contributed by atoms with E-state index in [0.717, 1.165) is 11.1 Å². The fourth-order valence-corrected chi connectivity index (χ4v) is 4.34. The van der Waals surface area contributed by atoms with Crippen LogP contribution in [-0.2, 0) is 20.9 Å². The lowest BCUT2D eigenvalue weighted by atomic mass is 9.95. The summed E-state index contributed by atoms with van der Waals surface area (Å²) in [6.45, 7) is 2.74. The second kappa shape index (κ2) is 11.2. The maximum absolute atomic E-state index is 13.1. The van der Waals surface area contributed by atoms with Crippen molar-refractivity contribution in [1.29, 1.82) is 0 Å². The molecule has 1 aliphatic heterocycles. The van der Waals surface area contributed by atoms with Crippen LogP contribution in [0, 0.1) is 6.92 Å². The van der Waals surface area contributed by atoms with E-state index < -0.39 is 17.7 Å². The zero-order valence-electron chi connectivity index (χ0n) is 20.9. The first kappa shape index (κ1) is 25.8. The normalized spacial score (nSPS) is 16.7. The van der Waals surface area contributed by atoms with Gasteiger partial charge >= 0.3 is 0 Å². The molecule has 37 heavy (non-hydrogen) atoms. The molecule has 0 spiro atoms. The number of amides is 1. The van der Waals surface area contributed by atoms with Crippen molar-refractivity contribution in [1.82, 2.24) is 4.90 Å². The summed E-state index contributed by atoms with van der Waals surface area (Å²) < 4.78 is 16.2. The van der Waals surface area contributed by atoms with E-state index in [-0.39, 0.29) is 36.0 Å². The van der Waals surface area contributed by atoms with Gasteiger partial charge in [0.1, 0.15) is 18.1 Å². The summed E-state index contributed by atoms with van der Waals surface area (Å²) in [5, 5.41) is 21.3. The van der Waals surface area contributed by atoms with Crippen LogP contribution in [0.2, 0.25) is 0 Å². The Balaban J connectivity index is 1.67. The van der Waals surface area contributed by atoms with E-state index in [4.69, 9.17) is 14.2 Å². The fraction of sp³-hybridized carbons (Fsp3) is 0.241. The van der Waals surface area contributed by atoms with Gasteiger partial charge in [-0.05, 0) is 54.4 Å². The Hall–Kier alpha value is -4.30. The molecular formula is C29H29NO7. The van der Waals surface area contributed by atoms with Crippen LogP contribution in [0.25, 0.3) is 5.76 Å². The Kier molecular flexibility index (Phi) is 7.79. The van der Waals surface area contributed by atoms with Gasteiger partial charge in [0, 0.05) is 19.2 Å². The van der Waals surface area contributed by atoms with Gasteiger partial charge in [0.25, 0.3) is 11.7 Å². The number of aromatic hydroxyl groups is 1. The molecule has 1 unspecified atom stereocenters. The first-order valence-electron chi connectivity index (χ1n) is 11.8. The molecule has 1 atom stereocenters. The van der Waals surface area contributed by atoms with Crippen molar-refractivity contribution in [3.8, 4) is 17.2 Å². The predicted octanol–water partition coefficient (Wildman–Crippen LogP) is 4.36. The molecule has 1 amide bonds. The van der Waals surface area contributed by atoms with Crippen molar-refractivity contribution in [3.63, 3.8) is 0 Å². The quantitative estimate of drug-likeness (QED) is 0.254. The van der Waals surface area contributed by atoms with E-state index in [1.165, 1.54) is 25.2 Å². The van der Waals surface area contributed by atoms with Crippen molar-refractivity contribution >= 4 is 17.4 Å². The number of hydrogen-bond acceptors (Lipinski definition) is 7. The van der Waals surface area contributed by atoms with Gasteiger partial charge in [-0.3, -0.25) is 9.59 Å². The number of Topliss-reactive ketones (excluding diaryl/α,β-unsaturated/α-hetero) is 1. The predicted molar refractivity (Wildman–Crippen MR) is 137 cm³/mol. The summed E-state index contributed by atoms with van der Waals surface area (Å²) in [4.78, 5) is 27.4. The summed E-state index contributed by atoms with van der Waals surface area (Å²) in [7, 11) is 2.90. The van der Waals surface area contributed by atoms with E-state index in [1.54, 1.807) is 36.4 Å². The number of phenols is 1. The molecule has 0 aliphatic carbocycles. The van der Waals surface area contributed by atoms with Crippen molar-refractivity contribution in [3.05, 3.63) is 94.6 Å². The van der Waals surface area contributed by atoms with Crippen molar-refractivity contribution in [2.45, 2.75) is 19.6 Å². The SMILES string of the molecule is COCCN1C(=O)C(=O)C(=C(O)c2ccc(OCc3cccc(C)c3)cc2)C1c1ccc(O)c(OC)c1. The molecule has 0 saturated carbocycles. The van der Waals surface area contributed by atoms with Crippen molar-refractivity contribution in [2.75, 3.05) is 27.4 Å². The lowest BCUT2D eigenvalue weighted by molar-refractivity contribution is -0.140. The standard InChI is InChI=1S/C29H29NO7/c1-18-5-4-6-19(15-18)17-37-22-10-7-20(8-11-22)27(32)25-26(21-9-12-23(31)24(16-21)36-3)30(13-14-35-2)29(34)28(25)33/h4-12,15-16,26,31-32H,13-14,17H2,1-3H3. The number of hydrogen-bond donors (Lipinski definition) is 2. The summed E-state index contributed by atoms with van der Waals surface area (Å²) in [5.41, 5.74) is 2.99. The molecule has 4 rings (SSSR count). The van der Waals surface area contributed by atoms with Crippen LogP contribution in [0.1, 0.15) is 28.3 Å². The van der Waals surface area contributed by atoms with Crippen LogP contribution in [0.15, 0.2) is 72.3 Å². The molecule has 1 heterocycles. The number of nitrogens with zero attached hydrogens (tertiary/aromatic N) is 1. The van der Waals surface area contributed by atoms with Crippen molar-refractivity contribution < 1.29 is 34.0 Å². The van der Waals surface area contributed by atoms with Gasteiger partial charge in [0.15, 0.2) is 11.5 Å². The van der Waals surface area contributed by atoms with E-state index in [2.05, 4.69) is 0 Å². The van der Waals surface area contributed by atoms with Crippen LogP contribution >= 0.6 is 0 Å². The lowest BCUT2D eigenvalue weighted by Gasteiger charge is -2.25. The van der Waals surface area contributed by atoms with Gasteiger partial charge in [-0.2, -0.15) is 0 Å². The van der Waals surface area contributed by atoms with Crippen LogP contribution in [0.5, 0.6) is 17.2 Å². The number of carbonyl (C=O) groups is 2. The summed E-state index contributed by atoms with van der Waals surface area (Å²) >= 11 is 0. The molecule has 0 aromatic heterocycles. The fourth-order valence-electron chi connectivity index (χ4n) is 4.34. The maximum Gasteiger partial charge on any atom is 0.295 e. The molecule has 3 aromatic rings. The Morgan fingerprint density at radius 1 is 1.00 bits per heavy atom. The Morgan fingerprint density at radius 2 is 1.76 bits per heavy atom. The minimum atomic E-state index is -0.887. The molecule has 3 aromatic carbocycles. The number of ether oxygens (including phenoxy) is 3. The number of rotatable bonds is 9. The van der Waals surface area contributed by atoms with Crippen molar-refractivity contribution in [2.24, 2.45) is 0 Å². The molecule has 1 aliphatic rings. The van der Waals surface area contributed by atoms with Gasteiger partial charge in [-0.1, -0.05) is 35.9 Å². The molecule has 8 heteroatoms. The second-order valence-electron chi connectivity index (χ2n) is 8.72. The van der Waals surface area contributed by atoms with E-state index >= 15 is 0 Å². The lowest BCUT2D eigenvalue weighted by Crippen LogP contribution is -2.32. The highest BCUT2D eigenvalue weighted by molar-refractivity contribution is 6.46. The second-order valence-corrected chi connectivity index (χ2v) is 8.72. The number of methoxy groups -OCH3 is 2.